The topological polar surface area (TPSA) is 265 Å². The zero-order valence-corrected chi connectivity index (χ0v) is 75.8. The molecule has 4 aliphatic heterocycles. The largest absolute Gasteiger partial charge is 0.496 e. The van der Waals surface area contributed by atoms with Crippen LogP contribution in [0.15, 0.2) is 231 Å². The fourth-order valence-electron chi connectivity index (χ4n) is 16.4. The molecule has 20 rings (SSSR count). The summed E-state index contributed by atoms with van der Waals surface area (Å²) in [6, 6.07) is 55.6. The van der Waals surface area contributed by atoms with Gasteiger partial charge >= 0.3 is 6.18 Å². The molecule has 5 aromatic heterocycles. The normalized spacial score (nSPS) is 14.1. The van der Waals surface area contributed by atoms with Gasteiger partial charge in [-0.2, -0.15) is 13.2 Å². The van der Waals surface area contributed by atoms with Gasteiger partial charge in [0, 0.05) is 134 Å². The third-order valence-corrected chi connectivity index (χ3v) is 25.1. The van der Waals surface area contributed by atoms with Crippen LogP contribution in [0.5, 0.6) is 5.75 Å². The number of carbonyl (C=O) groups excluding carboxylic acids is 5. The first-order chi connectivity index (χ1) is 67.1. The van der Waals surface area contributed by atoms with Crippen molar-refractivity contribution in [2.45, 2.75) is 110 Å². The molecule has 9 heterocycles. The minimum atomic E-state index is -4.42. The smallest absolute Gasteiger partial charge is 0.416 e. The van der Waals surface area contributed by atoms with E-state index in [0.29, 0.717) is 166 Å². The number of hydrogen-bond acceptors (Lipinski definition) is 17. The highest BCUT2D eigenvalue weighted by Gasteiger charge is 2.35. The number of anilines is 1. The number of thiazole rings is 1. The molecule has 0 radical (unpaired) electrons. The molecule has 0 unspecified atom stereocenters. The van der Waals surface area contributed by atoms with Gasteiger partial charge in [-0.15, -0.1) is 31.7 Å². The van der Waals surface area contributed by atoms with Crippen LogP contribution in [-0.2, 0) is 99.8 Å². The van der Waals surface area contributed by atoms with Gasteiger partial charge in [-0.3, -0.25) is 24.0 Å². The number of benzene rings is 10. The highest BCUT2D eigenvalue weighted by molar-refractivity contribution is 7.15. The molecular formula is C102H89F11N18O7S. The molecule has 37 heteroatoms. The lowest BCUT2D eigenvalue weighted by atomic mass is 9.97. The summed E-state index contributed by atoms with van der Waals surface area (Å²) in [7, 11) is 1.65. The summed E-state index contributed by atoms with van der Waals surface area (Å²) >= 11 is 1.43. The molecule has 5 amide bonds. The number of piperidine rings is 1. The zero-order valence-electron chi connectivity index (χ0n) is 75.0. The standard InChI is InChI=1S/C26H19F5N4O.C26H22F2N4O2.C25H22F2N6O2S.C25H26F2N4O2/c27-21-7-2-16(3-8-21)24-32-25(17-4-9-22(28)10-5-17)35(33-24)15-23(36)34-12-11-18-13-20(26(29,30)31)6-1-19(18)14-34;1-34-23-4-2-3-19-15-31(14-13-22(19)23)24(33)16-32-26(18-7-11-21(28)12-8-18)29-25(30-32)17-5-9-20(27)10-6-17;1-15(34)28-25-29-20-10-12-32(13-11-21(20)36-25)22(35)14-33-24(17-4-8-19(27)9-5-17)30-23(31-33)16-2-6-18(26)7-3-16;26-20-7-3-18(4-8-20)24-28-25(19-5-9-21(27)10-6-19)31(29-24)15-23(32)30-13-11-22(12-14-30)33-16-17-1-2-17/h1-10,13H,11-12,14-15H2;2-12H,13-16H2,1H3;2-9H,10-14H2,1H3,(H,28,29,34);3-10,17,22H,1-2,11-16H2. The van der Waals surface area contributed by atoms with Crippen molar-refractivity contribution in [2.24, 2.45) is 5.92 Å². The van der Waals surface area contributed by atoms with Gasteiger partial charge in [0.2, 0.25) is 29.5 Å². The average molecular weight is 1920 g/mol. The molecule has 0 atom stereocenters. The Bertz CT molecular complexity index is 6890. The Hall–Kier alpha value is -15.3. The number of amides is 5. The van der Waals surface area contributed by atoms with E-state index in [1.165, 1.54) is 173 Å². The summed E-state index contributed by atoms with van der Waals surface area (Å²) < 4.78 is 164. The zero-order chi connectivity index (χ0) is 97.1. The molecular weight excluding hydrogens is 1830 g/mol. The molecule has 139 heavy (non-hydrogen) atoms. The fraction of sp³-hybridized carbons (Fsp3) is 0.255. The van der Waals surface area contributed by atoms with E-state index in [9.17, 15) is 72.3 Å². The summed E-state index contributed by atoms with van der Waals surface area (Å²) in [6.45, 7) is 5.83. The Morgan fingerprint density at radius 3 is 1.09 bits per heavy atom. The molecule has 15 aromatic rings. The molecule has 1 saturated carbocycles. The van der Waals surface area contributed by atoms with Crippen LogP contribution in [0.2, 0.25) is 0 Å². The van der Waals surface area contributed by atoms with E-state index in [4.69, 9.17) is 9.47 Å². The van der Waals surface area contributed by atoms with Crippen LogP contribution in [0.3, 0.4) is 0 Å². The molecule has 10 aromatic carbocycles. The van der Waals surface area contributed by atoms with Crippen LogP contribution in [-0.4, -0.2) is 172 Å². The minimum absolute atomic E-state index is 0.0223. The number of rotatable bonds is 21. The molecule has 25 nitrogen and oxygen atoms in total. The maximum Gasteiger partial charge on any atom is 0.416 e. The minimum Gasteiger partial charge on any atom is -0.496 e. The van der Waals surface area contributed by atoms with Crippen LogP contribution < -0.4 is 10.1 Å². The lowest BCUT2D eigenvalue weighted by Crippen LogP contribution is -2.42. The van der Waals surface area contributed by atoms with Crippen molar-refractivity contribution in [1.82, 2.24) is 83.6 Å². The SMILES string of the molecule is CC(=O)Nc1nc2c(s1)CCN(C(=O)Cn1nc(-c3ccc(F)cc3)nc1-c1ccc(F)cc1)CC2.COc1cccc2c1CCN(C(=O)Cn1nc(-c3ccc(F)cc3)nc1-c1ccc(F)cc1)C2.O=C(Cn1nc(-c2ccc(F)cc2)nc1-c1ccc(F)cc1)N1CCC(OCC2CC2)CC1.O=C(Cn1nc(-c2ccc(F)cc2)nc1-c1ccc(F)cc1)N1CCc2cc(C(F)(F)F)ccc2C1. The van der Waals surface area contributed by atoms with Crippen LogP contribution in [0.4, 0.5) is 53.4 Å². The van der Waals surface area contributed by atoms with E-state index >= 15 is 0 Å². The number of methoxy groups -OCH3 is 1. The molecule has 1 N–H and O–H groups in total. The van der Waals surface area contributed by atoms with E-state index in [2.05, 4.69) is 50.6 Å². The van der Waals surface area contributed by atoms with Crippen molar-refractivity contribution in [3.8, 4) is 96.9 Å². The van der Waals surface area contributed by atoms with Gasteiger partial charge in [0.15, 0.2) is 51.7 Å². The third-order valence-electron chi connectivity index (χ3n) is 24.0. The Kier molecular flexibility index (Phi) is 29.2. The van der Waals surface area contributed by atoms with Gasteiger partial charge < -0.3 is 34.4 Å². The molecule has 5 aliphatic rings. The number of alkyl halides is 3. The molecule has 0 bridgehead atoms. The van der Waals surface area contributed by atoms with Gasteiger partial charge in [0.1, 0.15) is 78.5 Å². The number of nitrogens with one attached hydrogen (secondary N) is 1. The highest BCUT2D eigenvalue weighted by atomic mass is 32.1. The molecule has 1 saturated heterocycles. The average Bonchev–Trinajstić information content (AvgIpc) is 1.73. The van der Waals surface area contributed by atoms with Gasteiger partial charge in [0.25, 0.3) is 0 Å². The van der Waals surface area contributed by atoms with Crippen molar-refractivity contribution in [1.29, 1.82) is 0 Å². The maximum absolute atomic E-state index is 13.5. The molecule has 712 valence electrons. The Morgan fingerprint density at radius 1 is 0.381 bits per heavy atom. The second-order valence-corrected chi connectivity index (χ2v) is 34.8. The highest BCUT2D eigenvalue weighted by Crippen LogP contribution is 2.37. The first-order valence-electron chi connectivity index (χ1n) is 44.8. The summed E-state index contributed by atoms with van der Waals surface area (Å²) in [5, 5.41) is 21.3. The van der Waals surface area contributed by atoms with Crippen LogP contribution >= 0.6 is 11.3 Å². The number of likely N-dealkylation sites (tertiary alicyclic amines) is 1. The van der Waals surface area contributed by atoms with Crippen molar-refractivity contribution in [3.05, 3.63) is 315 Å². The fourth-order valence-corrected chi connectivity index (χ4v) is 17.5. The number of fused-ring (bicyclic) bond motifs is 3. The number of halogens is 11. The first-order valence-corrected chi connectivity index (χ1v) is 45.6. The molecule has 2 fully saturated rings. The van der Waals surface area contributed by atoms with Gasteiger partial charge in [-0.1, -0.05) is 18.2 Å². The van der Waals surface area contributed by atoms with Crippen LogP contribution in [0.25, 0.3) is 91.1 Å². The van der Waals surface area contributed by atoms with Gasteiger partial charge in [0.05, 0.1) is 24.5 Å². The summed E-state index contributed by atoms with van der Waals surface area (Å²) in [5.41, 5.74) is 8.42. The van der Waals surface area contributed by atoms with Gasteiger partial charge in [-0.05, 0) is 273 Å². The second kappa shape index (κ2) is 42.6. The van der Waals surface area contributed by atoms with E-state index in [1.807, 2.05) is 23.1 Å². The predicted octanol–water partition coefficient (Wildman–Crippen LogP) is 18.2. The number of nitrogens with zero attached hydrogens (tertiary/aromatic N) is 17. The lowest BCUT2D eigenvalue weighted by molar-refractivity contribution is -0.138. The van der Waals surface area contributed by atoms with Crippen LogP contribution in [0.1, 0.15) is 71.0 Å². The summed E-state index contributed by atoms with van der Waals surface area (Å²) in [5.74, 6) is 0.788. The van der Waals surface area contributed by atoms with Crippen LogP contribution in [0, 0.1) is 52.5 Å². The van der Waals surface area contributed by atoms with Crippen molar-refractivity contribution in [3.63, 3.8) is 0 Å². The van der Waals surface area contributed by atoms with Crippen molar-refractivity contribution < 1.29 is 81.7 Å². The van der Waals surface area contributed by atoms with E-state index in [-0.39, 0.29) is 116 Å². The molecule has 1 aliphatic carbocycles. The second-order valence-electron chi connectivity index (χ2n) is 33.7. The number of aromatic nitrogens is 13. The molecule has 0 spiro atoms. The quantitative estimate of drug-likeness (QED) is 0.0655. The monoisotopic (exact) mass is 1920 g/mol. The van der Waals surface area contributed by atoms with Gasteiger partial charge in [-0.25, -0.2) is 78.8 Å². The Balaban J connectivity index is 0.000000128. The van der Waals surface area contributed by atoms with E-state index in [1.54, 1.807) is 99.3 Å². The lowest BCUT2D eigenvalue weighted by Gasteiger charge is -2.32. The third kappa shape index (κ3) is 23.9. The van der Waals surface area contributed by atoms with Crippen molar-refractivity contribution in [2.75, 3.05) is 58.3 Å². The summed E-state index contributed by atoms with van der Waals surface area (Å²) in [6.07, 6.45) is 2.23. The van der Waals surface area contributed by atoms with E-state index < -0.39 is 23.4 Å². The predicted molar refractivity (Wildman–Crippen MR) is 495 cm³/mol. The number of carbonyl (C=O) groups is 5. The maximum atomic E-state index is 13.5. The Morgan fingerprint density at radius 2 is 0.727 bits per heavy atom. The number of hydrogen-bond donors (Lipinski definition) is 1. The van der Waals surface area contributed by atoms with E-state index in [0.717, 1.165) is 64.9 Å². The summed E-state index contributed by atoms with van der Waals surface area (Å²) in [4.78, 5) is 94.9. The number of ether oxygens (including phenoxy) is 2. The van der Waals surface area contributed by atoms with Crippen molar-refractivity contribution >= 4 is 46.0 Å². The Labute approximate surface area is 793 Å². The first kappa shape index (κ1) is 95.5.